The minimum Gasteiger partial charge on any atom is -0.475 e. The van der Waals surface area contributed by atoms with Crippen molar-refractivity contribution in [2.75, 3.05) is 26.3 Å². The molecule has 7 heteroatoms. The van der Waals surface area contributed by atoms with Crippen LogP contribution in [-0.2, 0) is 9.47 Å². The summed E-state index contributed by atoms with van der Waals surface area (Å²) in [4.78, 5) is 18.4. The lowest BCUT2D eigenvalue weighted by Gasteiger charge is -2.11. The second-order valence-electron chi connectivity index (χ2n) is 11.2. The summed E-state index contributed by atoms with van der Waals surface area (Å²) in [7, 11) is 0. The Morgan fingerprint density at radius 1 is 0.533 bits per heavy atom. The first-order valence-electron chi connectivity index (χ1n) is 15.1. The van der Waals surface area contributed by atoms with Crippen molar-refractivity contribution in [3.8, 4) is 28.2 Å². The van der Waals surface area contributed by atoms with E-state index in [1.54, 1.807) is 0 Å². The normalized spacial score (nSPS) is 14.5. The van der Waals surface area contributed by atoms with Crippen LogP contribution in [0.3, 0.4) is 0 Å². The molecule has 0 bridgehead atoms. The maximum absolute atomic E-state index is 5.63. The van der Waals surface area contributed by atoms with E-state index < -0.39 is 0 Å². The van der Waals surface area contributed by atoms with Gasteiger partial charge >= 0.3 is 0 Å². The molecule has 0 saturated heterocycles. The molecule has 4 aromatic carbocycles. The van der Waals surface area contributed by atoms with E-state index in [0.29, 0.717) is 38.1 Å². The van der Waals surface area contributed by atoms with Gasteiger partial charge in [-0.15, -0.1) is 0 Å². The maximum atomic E-state index is 5.63. The van der Waals surface area contributed by atoms with E-state index in [9.17, 15) is 0 Å². The minimum absolute atomic E-state index is 0.629. The Hall–Kier alpha value is -5.82. The van der Waals surface area contributed by atoms with Crippen LogP contribution in [0, 0.1) is 0 Å². The first-order chi connectivity index (χ1) is 22.3. The summed E-state index contributed by atoms with van der Waals surface area (Å²) >= 11 is 0. The van der Waals surface area contributed by atoms with Crippen molar-refractivity contribution >= 4 is 44.4 Å². The molecule has 0 N–H and O–H groups in total. The van der Waals surface area contributed by atoms with Gasteiger partial charge in [0.2, 0.25) is 11.8 Å². The number of nitrogens with zero attached hydrogens (tertiary/aromatic N) is 5. The fourth-order valence-corrected chi connectivity index (χ4v) is 6.40. The minimum atomic E-state index is 0.629. The van der Waals surface area contributed by atoms with Gasteiger partial charge in [-0.05, 0) is 53.9 Å². The first-order valence-corrected chi connectivity index (χ1v) is 15.1. The van der Waals surface area contributed by atoms with Crippen LogP contribution in [0.2, 0.25) is 0 Å². The summed E-state index contributed by atoms with van der Waals surface area (Å²) < 4.78 is 13.6. The van der Waals surface area contributed by atoms with Crippen LogP contribution < -0.4 is 0 Å². The number of aliphatic imine (C=N–C) groups is 2. The lowest BCUT2D eigenvalue weighted by Crippen LogP contribution is -2.01. The highest BCUT2D eigenvalue weighted by molar-refractivity contribution is 6.19. The van der Waals surface area contributed by atoms with E-state index in [0.717, 1.165) is 50.2 Å². The number of fused-ring (bicyclic) bond motifs is 5. The van der Waals surface area contributed by atoms with Gasteiger partial charge in [-0.25, -0.2) is 9.98 Å². The number of benzene rings is 4. The number of ether oxygens (including phenoxy) is 2. The summed E-state index contributed by atoms with van der Waals surface area (Å²) in [6, 6.07) is 36.4. The van der Waals surface area contributed by atoms with Crippen LogP contribution in [0.25, 0.3) is 60.8 Å². The van der Waals surface area contributed by atoms with Gasteiger partial charge in [0.15, 0.2) is 0 Å². The Kier molecular flexibility index (Phi) is 5.94. The predicted molar refractivity (Wildman–Crippen MR) is 179 cm³/mol. The molecule has 3 aromatic heterocycles. The highest BCUT2D eigenvalue weighted by atomic mass is 16.5. The van der Waals surface area contributed by atoms with Crippen LogP contribution in [0.5, 0.6) is 0 Å². The van der Waals surface area contributed by atoms with Crippen LogP contribution in [0.15, 0.2) is 126 Å². The Bertz CT molecular complexity index is 2300. The van der Waals surface area contributed by atoms with Crippen LogP contribution in [0.4, 0.5) is 0 Å². The molecule has 0 amide bonds. The highest BCUT2D eigenvalue weighted by Crippen LogP contribution is 2.39. The fraction of sp³-hybridized carbons (Fsp3) is 0.105. The Balaban J connectivity index is 1.18. The number of para-hydroxylation sites is 1. The summed E-state index contributed by atoms with van der Waals surface area (Å²) in [5.41, 5.74) is 9.18. The van der Waals surface area contributed by atoms with Gasteiger partial charge in [-0.2, -0.15) is 0 Å². The molecule has 7 aromatic rings. The van der Waals surface area contributed by atoms with Gasteiger partial charge in [0, 0.05) is 45.4 Å². The lowest BCUT2D eigenvalue weighted by molar-refractivity contribution is 0.348. The number of aromatic nitrogens is 3. The second kappa shape index (κ2) is 10.4. The predicted octanol–water partition coefficient (Wildman–Crippen LogP) is 7.61. The number of pyridine rings is 2. The van der Waals surface area contributed by atoms with Crippen LogP contribution in [0.1, 0.15) is 11.1 Å². The summed E-state index contributed by atoms with van der Waals surface area (Å²) in [5, 5.41) is 4.75. The molecule has 0 spiro atoms. The highest BCUT2D eigenvalue weighted by Gasteiger charge is 2.18. The van der Waals surface area contributed by atoms with Crippen molar-refractivity contribution in [3.05, 3.63) is 127 Å². The molecule has 0 atom stereocenters. The Morgan fingerprint density at radius 2 is 1.13 bits per heavy atom. The molecular weight excluding hydrogens is 558 g/mol. The maximum Gasteiger partial charge on any atom is 0.217 e. The second-order valence-corrected chi connectivity index (χ2v) is 11.2. The van der Waals surface area contributed by atoms with Crippen molar-refractivity contribution in [2.45, 2.75) is 0 Å². The van der Waals surface area contributed by atoms with E-state index in [1.165, 1.54) is 21.7 Å². The zero-order valence-corrected chi connectivity index (χ0v) is 24.4. The summed E-state index contributed by atoms with van der Waals surface area (Å²) in [6.45, 7) is 2.66. The zero-order chi connectivity index (χ0) is 29.7. The van der Waals surface area contributed by atoms with Gasteiger partial charge in [-0.3, -0.25) is 9.97 Å². The molecule has 0 unspecified atom stereocenters. The van der Waals surface area contributed by atoms with Crippen molar-refractivity contribution in [2.24, 2.45) is 9.98 Å². The third-order valence-corrected chi connectivity index (χ3v) is 8.54. The largest absolute Gasteiger partial charge is 0.475 e. The van der Waals surface area contributed by atoms with Crippen LogP contribution in [-0.4, -0.2) is 52.6 Å². The molecule has 7 nitrogen and oxygen atoms in total. The molecule has 9 rings (SSSR count). The van der Waals surface area contributed by atoms with Crippen molar-refractivity contribution in [3.63, 3.8) is 0 Å². The molecule has 5 heterocycles. The average molecular weight is 586 g/mol. The topological polar surface area (TPSA) is 73.9 Å². The van der Waals surface area contributed by atoms with Gasteiger partial charge in [0.25, 0.3) is 0 Å². The molecule has 0 radical (unpaired) electrons. The van der Waals surface area contributed by atoms with Gasteiger partial charge < -0.3 is 14.0 Å². The monoisotopic (exact) mass is 585 g/mol. The van der Waals surface area contributed by atoms with E-state index in [-0.39, 0.29) is 0 Å². The average Bonchev–Trinajstić information content (AvgIpc) is 3.90. The molecule has 0 fully saturated rings. The molecule has 2 aliphatic rings. The first kappa shape index (κ1) is 25.7. The summed E-state index contributed by atoms with van der Waals surface area (Å²) in [5.74, 6) is 1.35. The van der Waals surface area contributed by atoms with Crippen molar-refractivity contribution in [1.29, 1.82) is 0 Å². The van der Waals surface area contributed by atoms with E-state index in [2.05, 4.69) is 93.4 Å². The van der Waals surface area contributed by atoms with Gasteiger partial charge in [0.05, 0.1) is 46.6 Å². The third-order valence-electron chi connectivity index (χ3n) is 8.54. The van der Waals surface area contributed by atoms with E-state index in [1.807, 2.05) is 36.7 Å². The smallest absolute Gasteiger partial charge is 0.217 e. The molecule has 216 valence electrons. The molecular formula is C38H27N5O2. The standard InChI is InChI=1S/C38H27N5O2/c1-2-4-29(5-3-1)43-35-21-26(34-15-10-28(23-42-34)38-40-17-19-45-38)8-12-31(35)32-13-6-24-20-25(7-11-30(24)36(32)43)33-14-9-27(22-41-33)37-39-16-18-44-37/h1-15,20-23H,16-19H2. The van der Waals surface area contributed by atoms with E-state index >= 15 is 0 Å². The van der Waals surface area contributed by atoms with Crippen molar-refractivity contribution in [1.82, 2.24) is 14.5 Å². The fourth-order valence-electron chi connectivity index (χ4n) is 6.40. The number of hydrogen-bond acceptors (Lipinski definition) is 6. The Labute approximate surface area is 259 Å². The lowest BCUT2D eigenvalue weighted by atomic mass is 10.0. The van der Waals surface area contributed by atoms with E-state index in [4.69, 9.17) is 19.4 Å². The summed E-state index contributed by atoms with van der Waals surface area (Å²) in [6.07, 6.45) is 3.69. The van der Waals surface area contributed by atoms with Gasteiger partial charge in [-0.1, -0.05) is 54.6 Å². The molecule has 2 aliphatic heterocycles. The SMILES string of the molecule is c1ccc(-n2c3cc(-c4ccc(C5=NCCO5)cn4)ccc3c3ccc4cc(-c5ccc(C6=NCCO6)cn5)ccc4c32)cc1. The number of rotatable bonds is 5. The third kappa shape index (κ3) is 4.35. The molecule has 0 saturated carbocycles. The zero-order valence-electron chi connectivity index (χ0n) is 24.4. The van der Waals surface area contributed by atoms with Crippen LogP contribution >= 0.6 is 0 Å². The quantitative estimate of drug-likeness (QED) is 0.208. The molecule has 45 heavy (non-hydrogen) atoms. The number of hydrogen-bond donors (Lipinski definition) is 0. The van der Waals surface area contributed by atoms with Crippen molar-refractivity contribution < 1.29 is 9.47 Å². The molecule has 0 aliphatic carbocycles. The van der Waals surface area contributed by atoms with Gasteiger partial charge in [0.1, 0.15) is 13.2 Å². The Morgan fingerprint density at radius 3 is 1.73 bits per heavy atom.